The summed E-state index contributed by atoms with van der Waals surface area (Å²) in [5.74, 6) is 0.778. The first kappa shape index (κ1) is 21.1. The maximum atomic E-state index is 13.4. The van der Waals surface area contributed by atoms with Gasteiger partial charge in [-0.05, 0) is 50.7 Å². The monoisotopic (exact) mass is 427 g/mol. The number of benzene rings is 1. The van der Waals surface area contributed by atoms with E-state index in [0.29, 0.717) is 35.8 Å². The fraction of sp³-hybridized carbons (Fsp3) is 0.545. The van der Waals surface area contributed by atoms with Crippen molar-refractivity contribution in [2.75, 3.05) is 20.8 Å². The molecule has 1 N–H and O–H groups in total. The van der Waals surface area contributed by atoms with Gasteiger partial charge in [0.1, 0.15) is 0 Å². The molecule has 4 rings (SSSR count). The summed E-state index contributed by atoms with van der Waals surface area (Å²) in [4.78, 5) is 27.4. The summed E-state index contributed by atoms with van der Waals surface area (Å²) in [5.41, 5.74) is 0.845. The van der Waals surface area contributed by atoms with E-state index in [1.54, 1.807) is 43.3 Å². The Kier molecular flexibility index (Phi) is 6.39. The van der Waals surface area contributed by atoms with E-state index in [2.05, 4.69) is 15.6 Å². The van der Waals surface area contributed by atoms with Crippen LogP contribution in [0, 0.1) is 0 Å². The molecule has 9 nitrogen and oxygen atoms in total. The van der Waals surface area contributed by atoms with Gasteiger partial charge in [0, 0.05) is 25.2 Å². The standard InChI is InChI=1S/C22H29N5O4/c1-30-19-8-5-7-17(20(19)31-2)22(29)27-12-4-3-6-16(27)11-13-26-14-18(24-25-26)21(28)23-15-9-10-15/h5,7-8,14-16H,3-4,6,9-13H2,1-2H3,(H,23,28)/t16-/m1/s1. The average Bonchev–Trinajstić information content (AvgIpc) is 3.49. The molecule has 1 saturated heterocycles. The first-order valence-corrected chi connectivity index (χ1v) is 10.8. The molecule has 0 unspecified atom stereocenters. The number of nitrogens with one attached hydrogen (secondary N) is 1. The van der Waals surface area contributed by atoms with Crippen LogP contribution < -0.4 is 14.8 Å². The molecule has 9 heteroatoms. The molecule has 2 amide bonds. The van der Waals surface area contributed by atoms with Crippen LogP contribution in [0.15, 0.2) is 24.4 Å². The normalized spacial score (nSPS) is 18.5. The maximum absolute atomic E-state index is 13.4. The van der Waals surface area contributed by atoms with Crippen molar-refractivity contribution in [1.82, 2.24) is 25.2 Å². The average molecular weight is 428 g/mol. The van der Waals surface area contributed by atoms with Crippen molar-refractivity contribution in [2.45, 2.75) is 57.2 Å². The van der Waals surface area contributed by atoms with Crippen LogP contribution in [0.3, 0.4) is 0 Å². The smallest absolute Gasteiger partial charge is 0.273 e. The SMILES string of the molecule is COc1cccc(C(=O)N2CCCC[C@@H]2CCn2cc(C(=O)NC3CC3)nn2)c1OC. The van der Waals surface area contributed by atoms with Crippen LogP contribution in [0.25, 0.3) is 0 Å². The highest BCUT2D eigenvalue weighted by atomic mass is 16.5. The molecule has 1 aromatic carbocycles. The maximum Gasteiger partial charge on any atom is 0.273 e. The number of aryl methyl sites for hydroxylation is 1. The van der Waals surface area contributed by atoms with Crippen molar-refractivity contribution in [3.63, 3.8) is 0 Å². The Labute approximate surface area is 181 Å². The second-order valence-electron chi connectivity index (χ2n) is 8.09. The number of rotatable bonds is 8. The van der Waals surface area contributed by atoms with Gasteiger partial charge in [-0.15, -0.1) is 5.10 Å². The molecule has 2 aromatic rings. The van der Waals surface area contributed by atoms with Gasteiger partial charge < -0.3 is 19.7 Å². The van der Waals surface area contributed by atoms with Gasteiger partial charge in [0.2, 0.25) is 0 Å². The summed E-state index contributed by atoms with van der Waals surface area (Å²) in [5, 5.41) is 11.0. The van der Waals surface area contributed by atoms with Gasteiger partial charge in [0.25, 0.3) is 11.8 Å². The molecule has 2 aliphatic rings. The highest BCUT2D eigenvalue weighted by Gasteiger charge is 2.30. The number of piperidine rings is 1. The third kappa shape index (κ3) is 4.81. The van der Waals surface area contributed by atoms with Crippen LogP contribution in [0.4, 0.5) is 0 Å². The lowest BCUT2D eigenvalue weighted by molar-refractivity contribution is 0.0589. The van der Waals surface area contributed by atoms with Gasteiger partial charge in [0.05, 0.1) is 26.0 Å². The topological polar surface area (TPSA) is 98.6 Å². The summed E-state index contributed by atoms with van der Waals surface area (Å²) in [6.07, 6.45) is 7.47. The first-order valence-electron chi connectivity index (χ1n) is 10.8. The second-order valence-corrected chi connectivity index (χ2v) is 8.09. The molecule has 1 saturated carbocycles. The van der Waals surface area contributed by atoms with Gasteiger partial charge >= 0.3 is 0 Å². The second kappa shape index (κ2) is 9.36. The number of hydrogen-bond acceptors (Lipinski definition) is 6. The lowest BCUT2D eigenvalue weighted by Crippen LogP contribution is -2.44. The van der Waals surface area contributed by atoms with Crippen molar-refractivity contribution in [3.05, 3.63) is 35.7 Å². The van der Waals surface area contributed by atoms with E-state index in [4.69, 9.17) is 9.47 Å². The van der Waals surface area contributed by atoms with Gasteiger partial charge in [-0.3, -0.25) is 14.3 Å². The summed E-state index contributed by atoms with van der Waals surface area (Å²) < 4.78 is 12.5. The highest BCUT2D eigenvalue weighted by Crippen LogP contribution is 2.33. The first-order chi connectivity index (χ1) is 15.1. The number of aromatic nitrogens is 3. The summed E-state index contributed by atoms with van der Waals surface area (Å²) >= 11 is 0. The van der Waals surface area contributed by atoms with Crippen LogP contribution in [0.5, 0.6) is 11.5 Å². The van der Waals surface area contributed by atoms with Crippen LogP contribution >= 0.6 is 0 Å². The molecule has 1 aliphatic carbocycles. The minimum Gasteiger partial charge on any atom is -0.493 e. The molecule has 0 radical (unpaired) electrons. The van der Waals surface area contributed by atoms with Gasteiger partial charge in [-0.2, -0.15) is 0 Å². The third-order valence-electron chi connectivity index (χ3n) is 5.90. The molecule has 31 heavy (non-hydrogen) atoms. The summed E-state index contributed by atoms with van der Waals surface area (Å²) in [6, 6.07) is 5.73. The predicted molar refractivity (Wildman–Crippen MR) is 113 cm³/mol. The summed E-state index contributed by atoms with van der Waals surface area (Å²) in [7, 11) is 3.11. The van der Waals surface area contributed by atoms with E-state index in [-0.39, 0.29) is 23.9 Å². The fourth-order valence-electron chi connectivity index (χ4n) is 4.06. The Morgan fingerprint density at radius 1 is 1.16 bits per heavy atom. The van der Waals surface area contributed by atoms with E-state index < -0.39 is 0 Å². The molecular formula is C22H29N5O4. The number of carbonyl (C=O) groups is 2. The molecule has 2 heterocycles. The molecule has 1 atom stereocenters. The quantitative estimate of drug-likeness (QED) is 0.694. The lowest BCUT2D eigenvalue weighted by atomic mass is 9.98. The Bertz CT molecular complexity index is 940. The van der Waals surface area contributed by atoms with E-state index in [1.807, 2.05) is 4.90 Å². The number of likely N-dealkylation sites (tertiary alicyclic amines) is 1. The van der Waals surface area contributed by atoms with Crippen LogP contribution in [-0.4, -0.2) is 64.6 Å². The number of amides is 2. The number of nitrogens with zero attached hydrogens (tertiary/aromatic N) is 4. The van der Waals surface area contributed by atoms with E-state index in [1.165, 1.54) is 0 Å². The van der Waals surface area contributed by atoms with Gasteiger partial charge in [-0.25, -0.2) is 0 Å². The number of ether oxygens (including phenoxy) is 2. The number of methoxy groups -OCH3 is 2. The van der Waals surface area contributed by atoms with Gasteiger partial charge in [-0.1, -0.05) is 11.3 Å². The van der Waals surface area contributed by atoms with Crippen molar-refractivity contribution in [3.8, 4) is 11.5 Å². The molecule has 1 aromatic heterocycles. The molecule has 0 spiro atoms. The molecule has 2 fully saturated rings. The third-order valence-corrected chi connectivity index (χ3v) is 5.90. The molecular weight excluding hydrogens is 398 g/mol. The number of carbonyl (C=O) groups excluding carboxylic acids is 2. The Morgan fingerprint density at radius 2 is 2.00 bits per heavy atom. The van der Waals surface area contributed by atoms with Crippen LogP contribution in [-0.2, 0) is 6.54 Å². The molecule has 166 valence electrons. The molecule has 1 aliphatic heterocycles. The van der Waals surface area contributed by atoms with E-state index in [9.17, 15) is 9.59 Å². The zero-order chi connectivity index (χ0) is 21.8. The minimum absolute atomic E-state index is 0.0523. The highest BCUT2D eigenvalue weighted by molar-refractivity contribution is 5.98. The van der Waals surface area contributed by atoms with Crippen LogP contribution in [0.1, 0.15) is 59.4 Å². The largest absolute Gasteiger partial charge is 0.493 e. The van der Waals surface area contributed by atoms with Crippen molar-refractivity contribution in [1.29, 1.82) is 0 Å². The zero-order valence-electron chi connectivity index (χ0n) is 18.0. The minimum atomic E-state index is -0.173. The number of para-hydroxylation sites is 1. The van der Waals surface area contributed by atoms with Gasteiger partial charge in [0.15, 0.2) is 17.2 Å². The lowest BCUT2D eigenvalue weighted by Gasteiger charge is -2.36. The Hall–Kier alpha value is -3.10. The predicted octanol–water partition coefficient (Wildman–Crippen LogP) is 2.27. The van der Waals surface area contributed by atoms with Crippen molar-refractivity contribution >= 4 is 11.8 Å². The van der Waals surface area contributed by atoms with E-state index in [0.717, 1.165) is 38.5 Å². The Morgan fingerprint density at radius 3 is 2.74 bits per heavy atom. The van der Waals surface area contributed by atoms with E-state index >= 15 is 0 Å². The summed E-state index contributed by atoms with van der Waals surface area (Å²) in [6.45, 7) is 1.30. The van der Waals surface area contributed by atoms with Crippen molar-refractivity contribution in [2.24, 2.45) is 0 Å². The fourth-order valence-corrected chi connectivity index (χ4v) is 4.06. The number of hydrogen-bond donors (Lipinski definition) is 1. The Balaban J connectivity index is 1.43. The van der Waals surface area contributed by atoms with Crippen molar-refractivity contribution < 1.29 is 19.1 Å². The molecule has 0 bridgehead atoms. The van der Waals surface area contributed by atoms with Crippen LogP contribution in [0.2, 0.25) is 0 Å². The zero-order valence-corrected chi connectivity index (χ0v) is 18.0.